The molecule has 1 amide bonds. The van der Waals surface area contributed by atoms with Gasteiger partial charge < -0.3 is 5.73 Å². The van der Waals surface area contributed by atoms with Crippen LogP contribution in [0, 0.1) is 0 Å². The van der Waals surface area contributed by atoms with Gasteiger partial charge in [0, 0.05) is 6.04 Å². The van der Waals surface area contributed by atoms with Crippen molar-refractivity contribution in [3.8, 4) is 0 Å². The van der Waals surface area contributed by atoms with Gasteiger partial charge in [0.1, 0.15) is 0 Å². The zero-order chi connectivity index (χ0) is 9.14. The fraction of sp³-hybridized carbons (Fsp3) is 0.889. The number of amides is 1. The molecule has 1 atom stereocenters. The van der Waals surface area contributed by atoms with Gasteiger partial charge in [0.2, 0.25) is 5.91 Å². The SMILES string of the molecule is CC(C)N1CCCCC1C(N)=O. The van der Waals surface area contributed by atoms with Gasteiger partial charge in [-0.15, -0.1) is 0 Å². The average Bonchev–Trinajstić information content (AvgIpc) is 2.04. The molecule has 3 heteroatoms. The summed E-state index contributed by atoms with van der Waals surface area (Å²) in [6.45, 7) is 5.24. The minimum absolute atomic E-state index is 0.0150. The van der Waals surface area contributed by atoms with Crippen molar-refractivity contribution in [2.45, 2.75) is 45.2 Å². The molecule has 1 rings (SSSR count). The number of primary amides is 1. The average molecular weight is 170 g/mol. The first-order valence-corrected chi connectivity index (χ1v) is 4.68. The zero-order valence-electron chi connectivity index (χ0n) is 7.92. The molecule has 1 heterocycles. The van der Waals surface area contributed by atoms with Crippen LogP contribution in [0.4, 0.5) is 0 Å². The first-order valence-electron chi connectivity index (χ1n) is 4.68. The topological polar surface area (TPSA) is 46.3 Å². The lowest BCUT2D eigenvalue weighted by Crippen LogP contribution is -2.50. The Morgan fingerprint density at radius 1 is 1.50 bits per heavy atom. The van der Waals surface area contributed by atoms with Crippen molar-refractivity contribution in [1.29, 1.82) is 0 Å². The summed E-state index contributed by atoms with van der Waals surface area (Å²) in [4.78, 5) is 13.2. The predicted octanol–water partition coefficient (Wildman–Crippen LogP) is 0.735. The molecule has 0 spiro atoms. The highest BCUT2D eigenvalue weighted by Gasteiger charge is 2.28. The van der Waals surface area contributed by atoms with E-state index >= 15 is 0 Å². The van der Waals surface area contributed by atoms with Crippen molar-refractivity contribution in [2.24, 2.45) is 5.73 Å². The molecule has 0 aromatic rings. The van der Waals surface area contributed by atoms with Crippen LogP contribution in [0.15, 0.2) is 0 Å². The first-order chi connectivity index (χ1) is 5.63. The molecular formula is C9H18N2O. The van der Waals surface area contributed by atoms with Gasteiger partial charge in [0.05, 0.1) is 6.04 Å². The van der Waals surface area contributed by atoms with Gasteiger partial charge in [-0.1, -0.05) is 6.42 Å². The van der Waals surface area contributed by atoms with Crippen molar-refractivity contribution < 1.29 is 4.79 Å². The summed E-state index contributed by atoms with van der Waals surface area (Å²) in [5, 5.41) is 0. The maximum atomic E-state index is 11.0. The lowest BCUT2D eigenvalue weighted by Gasteiger charge is -2.36. The molecule has 1 fully saturated rings. The molecule has 2 N–H and O–H groups in total. The van der Waals surface area contributed by atoms with Crippen molar-refractivity contribution >= 4 is 5.91 Å². The molecule has 0 aromatic heterocycles. The van der Waals surface area contributed by atoms with Gasteiger partial charge >= 0.3 is 0 Å². The fourth-order valence-corrected chi connectivity index (χ4v) is 1.88. The number of carbonyl (C=O) groups is 1. The minimum atomic E-state index is -0.164. The second-order valence-electron chi connectivity index (χ2n) is 3.75. The van der Waals surface area contributed by atoms with Crippen LogP contribution in [0.1, 0.15) is 33.1 Å². The van der Waals surface area contributed by atoms with Gasteiger partial charge in [-0.25, -0.2) is 0 Å². The summed E-state index contributed by atoms with van der Waals surface area (Å²) in [6.07, 6.45) is 3.27. The van der Waals surface area contributed by atoms with Crippen LogP contribution >= 0.6 is 0 Å². The third kappa shape index (κ3) is 1.97. The highest BCUT2D eigenvalue weighted by molar-refractivity contribution is 5.79. The maximum Gasteiger partial charge on any atom is 0.234 e. The van der Waals surface area contributed by atoms with Gasteiger partial charge in [-0.05, 0) is 33.2 Å². The lowest BCUT2D eigenvalue weighted by molar-refractivity contribution is -0.125. The Labute approximate surface area is 73.9 Å². The van der Waals surface area contributed by atoms with E-state index in [0.717, 1.165) is 19.4 Å². The Balaban J connectivity index is 2.60. The third-order valence-electron chi connectivity index (χ3n) is 2.54. The Bertz CT molecular complexity index is 168. The van der Waals surface area contributed by atoms with E-state index in [1.165, 1.54) is 6.42 Å². The van der Waals surface area contributed by atoms with Gasteiger partial charge in [0.15, 0.2) is 0 Å². The van der Waals surface area contributed by atoms with E-state index in [2.05, 4.69) is 18.7 Å². The molecule has 0 radical (unpaired) electrons. The van der Waals surface area contributed by atoms with Crippen LogP contribution in [0.25, 0.3) is 0 Å². The standard InChI is InChI=1S/C9H18N2O/c1-7(2)11-6-4-3-5-8(11)9(10)12/h7-8H,3-6H2,1-2H3,(H2,10,12). The number of hydrogen-bond donors (Lipinski definition) is 1. The molecule has 1 aliphatic rings. The van der Waals surface area contributed by atoms with Crippen molar-refractivity contribution in [3.05, 3.63) is 0 Å². The van der Waals surface area contributed by atoms with Crippen LogP contribution in [0.3, 0.4) is 0 Å². The number of nitrogens with two attached hydrogens (primary N) is 1. The number of hydrogen-bond acceptors (Lipinski definition) is 2. The minimum Gasteiger partial charge on any atom is -0.368 e. The third-order valence-corrected chi connectivity index (χ3v) is 2.54. The summed E-state index contributed by atoms with van der Waals surface area (Å²) < 4.78 is 0. The predicted molar refractivity (Wildman–Crippen MR) is 48.7 cm³/mol. The van der Waals surface area contributed by atoms with E-state index in [9.17, 15) is 4.79 Å². The number of piperidine rings is 1. The Morgan fingerprint density at radius 3 is 2.58 bits per heavy atom. The first kappa shape index (κ1) is 9.52. The molecule has 0 aliphatic carbocycles. The molecular weight excluding hydrogens is 152 g/mol. The lowest BCUT2D eigenvalue weighted by atomic mass is 10.00. The van der Waals surface area contributed by atoms with E-state index in [-0.39, 0.29) is 11.9 Å². The largest absolute Gasteiger partial charge is 0.368 e. The summed E-state index contributed by atoms with van der Waals surface area (Å²) >= 11 is 0. The Morgan fingerprint density at radius 2 is 2.17 bits per heavy atom. The smallest absolute Gasteiger partial charge is 0.234 e. The number of carbonyl (C=O) groups excluding carboxylic acids is 1. The van der Waals surface area contributed by atoms with Gasteiger partial charge in [0.25, 0.3) is 0 Å². The fourth-order valence-electron chi connectivity index (χ4n) is 1.88. The molecule has 0 aromatic carbocycles. The zero-order valence-corrected chi connectivity index (χ0v) is 7.92. The van der Waals surface area contributed by atoms with Gasteiger partial charge in [-0.2, -0.15) is 0 Å². The molecule has 3 nitrogen and oxygen atoms in total. The number of likely N-dealkylation sites (tertiary alicyclic amines) is 1. The van der Waals surface area contributed by atoms with Crippen molar-refractivity contribution in [3.63, 3.8) is 0 Å². The molecule has 1 unspecified atom stereocenters. The van der Waals surface area contributed by atoms with Crippen LogP contribution < -0.4 is 5.73 Å². The number of nitrogens with zero attached hydrogens (tertiary/aromatic N) is 1. The van der Waals surface area contributed by atoms with Crippen LogP contribution in [0.2, 0.25) is 0 Å². The maximum absolute atomic E-state index is 11.0. The molecule has 0 bridgehead atoms. The number of rotatable bonds is 2. The quantitative estimate of drug-likeness (QED) is 0.664. The highest BCUT2D eigenvalue weighted by Crippen LogP contribution is 2.18. The van der Waals surface area contributed by atoms with E-state index in [4.69, 9.17) is 5.73 Å². The summed E-state index contributed by atoms with van der Waals surface area (Å²) in [6, 6.07) is 0.418. The summed E-state index contributed by atoms with van der Waals surface area (Å²) in [5.74, 6) is -0.164. The molecule has 70 valence electrons. The van der Waals surface area contributed by atoms with E-state index in [0.29, 0.717) is 6.04 Å². The molecule has 0 saturated carbocycles. The van der Waals surface area contributed by atoms with Crippen LogP contribution in [-0.2, 0) is 4.79 Å². The Kier molecular flexibility index (Phi) is 3.09. The van der Waals surface area contributed by atoms with Crippen LogP contribution in [0.5, 0.6) is 0 Å². The molecule has 12 heavy (non-hydrogen) atoms. The Hall–Kier alpha value is -0.570. The van der Waals surface area contributed by atoms with E-state index < -0.39 is 0 Å². The van der Waals surface area contributed by atoms with E-state index in [1.807, 2.05) is 0 Å². The molecule has 1 aliphatic heterocycles. The van der Waals surface area contributed by atoms with E-state index in [1.54, 1.807) is 0 Å². The normalized spacial score (nSPS) is 26.1. The van der Waals surface area contributed by atoms with Crippen LogP contribution in [-0.4, -0.2) is 29.4 Å². The van der Waals surface area contributed by atoms with Crippen molar-refractivity contribution in [1.82, 2.24) is 4.90 Å². The monoisotopic (exact) mass is 170 g/mol. The van der Waals surface area contributed by atoms with Crippen molar-refractivity contribution in [2.75, 3.05) is 6.54 Å². The highest BCUT2D eigenvalue weighted by atomic mass is 16.1. The van der Waals surface area contributed by atoms with Gasteiger partial charge in [-0.3, -0.25) is 9.69 Å². The molecule has 1 saturated heterocycles. The second-order valence-corrected chi connectivity index (χ2v) is 3.75. The summed E-state index contributed by atoms with van der Waals surface area (Å²) in [7, 11) is 0. The second kappa shape index (κ2) is 3.90. The summed E-state index contributed by atoms with van der Waals surface area (Å²) in [5.41, 5.74) is 5.31.